The van der Waals surface area contributed by atoms with E-state index < -0.39 is 33.8 Å². The van der Waals surface area contributed by atoms with Crippen LogP contribution in [0.4, 0.5) is 23.2 Å². The monoisotopic (exact) mass is 717 g/mol. The minimum absolute atomic E-state index is 0.0411. The van der Waals surface area contributed by atoms with Crippen molar-refractivity contribution in [3.63, 3.8) is 0 Å². The number of piperazine rings is 1. The van der Waals surface area contributed by atoms with Crippen LogP contribution in [0.25, 0.3) is 11.1 Å². The van der Waals surface area contributed by atoms with Gasteiger partial charge in [0, 0.05) is 48.7 Å². The van der Waals surface area contributed by atoms with Crippen molar-refractivity contribution in [2.75, 3.05) is 30.0 Å². The van der Waals surface area contributed by atoms with E-state index in [0.717, 1.165) is 6.26 Å². The number of sulfone groups is 1. The third-order valence-corrected chi connectivity index (χ3v) is 9.09. The highest BCUT2D eigenvalue weighted by Crippen LogP contribution is 2.37. The number of benzene rings is 3. The molecule has 0 spiro atoms. The van der Waals surface area contributed by atoms with E-state index in [1.54, 1.807) is 41.4 Å². The number of carbonyl (C=O) groups is 2. The van der Waals surface area contributed by atoms with Gasteiger partial charge < -0.3 is 14.2 Å². The van der Waals surface area contributed by atoms with Crippen molar-refractivity contribution >= 4 is 39.0 Å². The van der Waals surface area contributed by atoms with Gasteiger partial charge in [-0.15, -0.1) is 0 Å². The molecular formula is C33H28ClF4N5O5S. The second-order valence-electron chi connectivity index (χ2n) is 11.5. The van der Waals surface area contributed by atoms with Crippen molar-refractivity contribution in [1.82, 2.24) is 14.5 Å². The van der Waals surface area contributed by atoms with Gasteiger partial charge in [0.15, 0.2) is 0 Å². The molecule has 2 heterocycles. The molecule has 5 rings (SSSR count). The Morgan fingerprint density at radius 3 is 2.59 bits per heavy atom. The Morgan fingerprint density at radius 2 is 1.90 bits per heavy atom. The van der Waals surface area contributed by atoms with Gasteiger partial charge in [-0.3, -0.25) is 9.69 Å². The Kier molecular flexibility index (Phi) is 10.4. The first-order valence-electron chi connectivity index (χ1n) is 14.7. The summed E-state index contributed by atoms with van der Waals surface area (Å²) in [5.41, 5.74) is 2.24. The van der Waals surface area contributed by atoms with E-state index in [2.05, 4.69) is 9.72 Å². The van der Waals surface area contributed by atoms with Gasteiger partial charge in [-0.25, -0.2) is 22.6 Å². The zero-order valence-corrected chi connectivity index (χ0v) is 27.4. The molecule has 49 heavy (non-hydrogen) atoms. The fourth-order valence-electron chi connectivity index (χ4n) is 5.50. The second-order valence-corrected chi connectivity index (χ2v) is 14.2. The van der Waals surface area contributed by atoms with Crippen molar-refractivity contribution < 1.29 is 40.3 Å². The van der Waals surface area contributed by atoms with E-state index in [-0.39, 0.29) is 60.6 Å². The molecule has 1 amide bonds. The standard InChI is InChI=1S/C33H28ClF4N5O5S/c1-49(46,47)10-9-25-18-43(30-13-24(34)7-8-28(30)22-3-2-4-27(12-22)48-32(45)33(36,37)38)31(44)19-41(25)17-26-15-40-20-42(26)16-21-5-6-23(14-39)29(35)11-21/h2-8,11-13,15,20,25H,9-10,16-19H2,1H3. The van der Waals surface area contributed by atoms with Crippen LogP contribution >= 0.6 is 11.6 Å². The molecule has 0 radical (unpaired) electrons. The largest absolute Gasteiger partial charge is 0.491 e. The molecule has 1 aliphatic rings. The molecule has 256 valence electrons. The van der Waals surface area contributed by atoms with Gasteiger partial charge in [0.1, 0.15) is 27.5 Å². The quantitative estimate of drug-likeness (QED) is 0.122. The topological polar surface area (TPSA) is 126 Å². The predicted molar refractivity (Wildman–Crippen MR) is 172 cm³/mol. The molecule has 16 heteroatoms. The number of nitriles is 1. The molecule has 3 aromatic carbocycles. The molecule has 0 saturated carbocycles. The molecule has 0 aliphatic carbocycles. The van der Waals surface area contributed by atoms with E-state index in [1.807, 2.05) is 4.90 Å². The van der Waals surface area contributed by atoms with Crippen LogP contribution in [0.1, 0.15) is 23.2 Å². The zero-order valence-electron chi connectivity index (χ0n) is 25.8. The summed E-state index contributed by atoms with van der Waals surface area (Å²) in [6.07, 6.45) is -0.780. The molecule has 4 aromatic rings. The molecule has 1 fully saturated rings. The van der Waals surface area contributed by atoms with Crippen molar-refractivity contribution in [2.45, 2.75) is 31.7 Å². The van der Waals surface area contributed by atoms with Crippen LogP contribution in [-0.4, -0.2) is 72.1 Å². The summed E-state index contributed by atoms with van der Waals surface area (Å²) in [5, 5.41) is 9.31. The maximum Gasteiger partial charge on any atom is 0.491 e. The van der Waals surface area contributed by atoms with Crippen molar-refractivity contribution in [2.24, 2.45) is 0 Å². The smallest absolute Gasteiger partial charge is 0.420 e. The Bertz CT molecular complexity index is 2050. The van der Waals surface area contributed by atoms with Gasteiger partial charge in [0.05, 0.1) is 35.6 Å². The lowest BCUT2D eigenvalue weighted by Crippen LogP contribution is -2.56. The lowest BCUT2D eigenvalue weighted by atomic mass is 10.0. The lowest BCUT2D eigenvalue weighted by Gasteiger charge is -2.41. The number of aromatic nitrogens is 2. The number of nitrogens with zero attached hydrogens (tertiary/aromatic N) is 5. The van der Waals surface area contributed by atoms with Crippen molar-refractivity contribution in [1.29, 1.82) is 5.26 Å². The summed E-state index contributed by atoms with van der Waals surface area (Å²) in [5.74, 6) is -3.93. The van der Waals surface area contributed by atoms with Gasteiger partial charge >= 0.3 is 12.1 Å². The highest BCUT2D eigenvalue weighted by Gasteiger charge is 2.41. The summed E-state index contributed by atoms with van der Waals surface area (Å²) < 4.78 is 83.5. The summed E-state index contributed by atoms with van der Waals surface area (Å²) >= 11 is 6.34. The Hall–Kier alpha value is -4.78. The molecule has 0 N–H and O–H groups in total. The third-order valence-electron chi connectivity index (χ3n) is 7.88. The summed E-state index contributed by atoms with van der Waals surface area (Å²) in [6.45, 7) is 0.324. The fourth-order valence-corrected chi connectivity index (χ4v) is 6.36. The number of imidazole rings is 1. The molecule has 1 aromatic heterocycles. The molecule has 1 unspecified atom stereocenters. The zero-order chi connectivity index (χ0) is 35.5. The fraction of sp³-hybridized carbons (Fsp3) is 0.273. The molecule has 1 aliphatic heterocycles. The average Bonchev–Trinajstić information content (AvgIpc) is 3.46. The van der Waals surface area contributed by atoms with Gasteiger partial charge in [-0.05, 0) is 53.9 Å². The van der Waals surface area contributed by atoms with E-state index in [4.69, 9.17) is 16.9 Å². The lowest BCUT2D eigenvalue weighted by molar-refractivity contribution is -0.189. The third kappa shape index (κ3) is 8.83. The van der Waals surface area contributed by atoms with Crippen LogP contribution in [0.3, 0.4) is 0 Å². The highest BCUT2D eigenvalue weighted by atomic mass is 35.5. The van der Waals surface area contributed by atoms with Crippen LogP contribution in [0.2, 0.25) is 5.02 Å². The number of hydrogen-bond donors (Lipinski definition) is 0. The van der Waals surface area contributed by atoms with Crippen molar-refractivity contribution in [3.8, 4) is 22.9 Å². The number of carbonyl (C=O) groups excluding carboxylic acids is 2. The number of halogens is 5. The minimum Gasteiger partial charge on any atom is -0.420 e. The SMILES string of the molecule is CS(=O)(=O)CCC1CN(c2cc(Cl)ccc2-c2cccc(OC(=O)C(F)(F)F)c2)C(=O)CN1Cc1cncn1Cc1ccc(C#N)c(F)c1. The summed E-state index contributed by atoms with van der Waals surface area (Å²) in [6, 6.07) is 15.6. The van der Waals surface area contributed by atoms with Gasteiger partial charge in [0.25, 0.3) is 0 Å². The predicted octanol–water partition coefficient (Wildman–Crippen LogP) is 5.38. The normalized spacial score (nSPS) is 15.7. The van der Waals surface area contributed by atoms with E-state index >= 15 is 0 Å². The molecule has 10 nitrogen and oxygen atoms in total. The van der Waals surface area contributed by atoms with Crippen LogP contribution in [-0.2, 0) is 32.5 Å². The first kappa shape index (κ1) is 35.5. The number of ether oxygens (including phenoxy) is 1. The Labute approximate surface area is 284 Å². The van der Waals surface area contributed by atoms with Crippen molar-refractivity contribution in [3.05, 3.63) is 101 Å². The van der Waals surface area contributed by atoms with E-state index in [9.17, 15) is 35.6 Å². The van der Waals surface area contributed by atoms with E-state index in [0.29, 0.717) is 28.1 Å². The number of anilines is 1. The highest BCUT2D eigenvalue weighted by molar-refractivity contribution is 7.90. The minimum atomic E-state index is -5.20. The first-order chi connectivity index (χ1) is 23.1. The molecular weight excluding hydrogens is 690 g/mol. The number of esters is 1. The number of hydrogen-bond acceptors (Lipinski definition) is 8. The van der Waals surface area contributed by atoms with Crippen LogP contribution in [0.5, 0.6) is 5.75 Å². The molecule has 1 saturated heterocycles. The van der Waals surface area contributed by atoms with Gasteiger partial charge in [-0.1, -0.05) is 35.9 Å². The Morgan fingerprint density at radius 1 is 1.12 bits per heavy atom. The first-order valence-corrected chi connectivity index (χ1v) is 17.1. The van der Waals surface area contributed by atoms with Crippen LogP contribution in [0, 0.1) is 17.1 Å². The van der Waals surface area contributed by atoms with Gasteiger partial charge in [0.2, 0.25) is 5.91 Å². The van der Waals surface area contributed by atoms with Crippen LogP contribution < -0.4 is 9.64 Å². The van der Waals surface area contributed by atoms with E-state index in [1.165, 1.54) is 47.4 Å². The van der Waals surface area contributed by atoms with Crippen LogP contribution in [0.15, 0.2) is 73.2 Å². The number of alkyl halides is 3. The number of amides is 1. The average molecular weight is 718 g/mol. The second kappa shape index (κ2) is 14.4. The molecule has 1 atom stereocenters. The summed E-state index contributed by atoms with van der Waals surface area (Å²) in [4.78, 5) is 32.8. The number of rotatable bonds is 10. The maximum absolute atomic E-state index is 14.3. The summed E-state index contributed by atoms with van der Waals surface area (Å²) in [7, 11) is -3.40. The van der Waals surface area contributed by atoms with Gasteiger partial charge in [-0.2, -0.15) is 18.4 Å². The molecule has 0 bridgehead atoms. The maximum atomic E-state index is 14.3. The Balaban J connectivity index is 1.43.